The summed E-state index contributed by atoms with van der Waals surface area (Å²) in [5.74, 6) is 0.479. The van der Waals surface area contributed by atoms with Gasteiger partial charge in [-0.3, -0.25) is 9.48 Å². The Kier molecular flexibility index (Phi) is 2.51. The van der Waals surface area contributed by atoms with Gasteiger partial charge in [0, 0.05) is 18.4 Å². The predicted octanol–water partition coefficient (Wildman–Crippen LogP) is 1.05. The summed E-state index contributed by atoms with van der Waals surface area (Å²) in [7, 11) is 0. The van der Waals surface area contributed by atoms with Crippen LogP contribution in [0.4, 0.5) is 11.5 Å². The number of fused-ring (bicyclic) bond motifs is 1. The molecule has 1 aromatic heterocycles. The standard InChI is InChI=1S/C13H14N4O/c14-12-6-7-16(15-12)9-13(18)17-8-5-10-3-1-2-4-11(10)17/h1-4,6-7H,5,8-9H2,(H2,14,15). The van der Waals surface area contributed by atoms with Crippen LogP contribution in [0.1, 0.15) is 5.56 Å². The molecule has 1 amide bonds. The van der Waals surface area contributed by atoms with E-state index in [4.69, 9.17) is 5.73 Å². The van der Waals surface area contributed by atoms with Crippen LogP contribution < -0.4 is 10.6 Å². The number of para-hydroxylation sites is 1. The number of aromatic nitrogens is 2. The van der Waals surface area contributed by atoms with Gasteiger partial charge >= 0.3 is 0 Å². The van der Waals surface area contributed by atoms with Gasteiger partial charge in [0.2, 0.25) is 5.91 Å². The third-order valence-corrected chi connectivity index (χ3v) is 3.15. The Morgan fingerprint density at radius 1 is 1.33 bits per heavy atom. The van der Waals surface area contributed by atoms with Gasteiger partial charge in [0.25, 0.3) is 0 Å². The zero-order valence-corrected chi connectivity index (χ0v) is 9.91. The number of nitrogens with zero attached hydrogens (tertiary/aromatic N) is 3. The average Bonchev–Trinajstić information content (AvgIpc) is 2.95. The Morgan fingerprint density at radius 3 is 2.94 bits per heavy atom. The number of nitrogens with two attached hydrogens (primary N) is 1. The molecule has 5 heteroatoms. The molecule has 2 heterocycles. The molecule has 0 radical (unpaired) electrons. The molecule has 2 N–H and O–H groups in total. The molecular weight excluding hydrogens is 228 g/mol. The summed E-state index contributed by atoms with van der Waals surface area (Å²) in [6.45, 7) is 0.973. The molecule has 0 atom stereocenters. The first kappa shape index (κ1) is 10.8. The molecule has 0 spiro atoms. The van der Waals surface area contributed by atoms with Crippen molar-refractivity contribution in [3.8, 4) is 0 Å². The minimum atomic E-state index is 0.0445. The zero-order chi connectivity index (χ0) is 12.5. The number of hydrogen-bond acceptors (Lipinski definition) is 3. The maximum absolute atomic E-state index is 12.2. The summed E-state index contributed by atoms with van der Waals surface area (Å²) in [5, 5.41) is 4.02. The zero-order valence-electron chi connectivity index (χ0n) is 9.91. The van der Waals surface area contributed by atoms with Gasteiger partial charge in [-0.1, -0.05) is 18.2 Å². The van der Waals surface area contributed by atoms with Crippen LogP contribution in [0.5, 0.6) is 0 Å². The van der Waals surface area contributed by atoms with Gasteiger partial charge in [-0.05, 0) is 24.1 Å². The number of amides is 1. The molecule has 0 aliphatic carbocycles. The maximum Gasteiger partial charge on any atom is 0.248 e. The minimum absolute atomic E-state index is 0.0445. The molecule has 2 aromatic rings. The lowest BCUT2D eigenvalue weighted by atomic mass is 10.2. The van der Waals surface area contributed by atoms with Gasteiger partial charge in [0.1, 0.15) is 12.4 Å². The largest absolute Gasteiger partial charge is 0.382 e. The second-order valence-corrected chi connectivity index (χ2v) is 4.36. The van der Waals surface area contributed by atoms with Crippen molar-refractivity contribution in [2.45, 2.75) is 13.0 Å². The van der Waals surface area contributed by atoms with Gasteiger partial charge in [-0.15, -0.1) is 0 Å². The van der Waals surface area contributed by atoms with Crippen LogP contribution >= 0.6 is 0 Å². The van der Waals surface area contributed by atoms with E-state index in [1.807, 2.05) is 23.1 Å². The van der Waals surface area contributed by atoms with E-state index < -0.39 is 0 Å². The minimum Gasteiger partial charge on any atom is -0.382 e. The molecular formula is C13H14N4O. The average molecular weight is 242 g/mol. The molecule has 0 unspecified atom stereocenters. The highest BCUT2D eigenvalue weighted by Gasteiger charge is 2.24. The highest BCUT2D eigenvalue weighted by Crippen LogP contribution is 2.27. The number of carbonyl (C=O) groups is 1. The smallest absolute Gasteiger partial charge is 0.248 e. The number of anilines is 2. The monoisotopic (exact) mass is 242 g/mol. The van der Waals surface area contributed by atoms with Crippen LogP contribution in [0.25, 0.3) is 0 Å². The van der Waals surface area contributed by atoms with Crippen LogP contribution in [0.2, 0.25) is 0 Å². The van der Waals surface area contributed by atoms with Crippen molar-refractivity contribution in [3.05, 3.63) is 42.1 Å². The van der Waals surface area contributed by atoms with Gasteiger partial charge in [-0.25, -0.2) is 0 Å². The molecule has 0 fully saturated rings. The summed E-state index contributed by atoms with van der Waals surface area (Å²) in [6.07, 6.45) is 2.64. The molecule has 0 saturated carbocycles. The Morgan fingerprint density at radius 2 is 2.17 bits per heavy atom. The molecule has 18 heavy (non-hydrogen) atoms. The van der Waals surface area contributed by atoms with E-state index in [2.05, 4.69) is 11.2 Å². The predicted molar refractivity (Wildman–Crippen MR) is 69.1 cm³/mol. The molecule has 0 bridgehead atoms. The van der Waals surface area contributed by atoms with Gasteiger partial charge in [-0.2, -0.15) is 5.10 Å². The van der Waals surface area contributed by atoms with Crippen molar-refractivity contribution in [2.75, 3.05) is 17.2 Å². The van der Waals surface area contributed by atoms with Crippen LogP contribution in [0.15, 0.2) is 36.5 Å². The summed E-state index contributed by atoms with van der Waals surface area (Å²) < 4.78 is 1.57. The van der Waals surface area contributed by atoms with E-state index in [0.29, 0.717) is 5.82 Å². The first-order chi connectivity index (χ1) is 8.74. The molecule has 3 rings (SSSR count). The first-order valence-electron chi connectivity index (χ1n) is 5.91. The van der Waals surface area contributed by atoms with Crippen molar-refractivity contribution in [3.63, 3.8) is 0 Å². The van der Waals surface area contributed by atoms with Crippen molar-refractivity contribution in [1.29, 1.82) is 0 Å². The third-order valence-electron chi connectivity index (χ3n) is 3.15. The van der Waals surface area contributed by atoms with Crippen molar-refractivity contribution in [1.82, 2.24) is 9.78 Å². The second kappa shape index (κ2) is 4.18. The fourth-order valence-electron chi connectivity index (χ4n) is 2.29. The Balaban J connectivity index is 1.78. The summed E-state index contributed by atoms with van der Waals surface area (Å²) in [4.78, 5) is 14.0. The summed E-state index contributed by atoms with van der Waals surface area (Å²) >= 11 is 0. The van der Waals surface area contributed by atoms with Crippen LogP contribution in [0.3, 0.4) is 0 Å². The van der Waals surface area contributed by atoms with Crippen molar-refractivity contribution >= 4 is 17.4 Å². The van der Waals surface area contributed by atoms with E-state index in [1.165, 1.54) is 5.56 Å². The summed E-state index contributed by atoms with van der Waals surface area (Å²) in [6, 6.07) is 9.69. The van der Waals surface area contributed by atoms with Crippen LogP contribution in [-0.4, -0.2) is 22.2 Å². The Hall–Kier alpha value is -2.30. The molecule has 5 nitrogen and oxygen atoms in total. The van der Waals surface area contributed by atoms with Crippen molar-refractivity contribution in [2.24, 2.45) is 0 Å². The molecule has 0 saturated heterocycles. The Labute approximate surface area is 105 Å². The SMILES string of the molecule is Nc1ccn(CC(=O)N2CCc3ccccc32)n1. The first-order valence-corrected chi connectivity index (χ1v) is 5.91. The topological polar surface area (TPSA) is 64.2 Å². The third kappa shape index (κ3) is 1.84. The van der Waals surface area contributed by atoms with E-state index in [9.17, 15) is 4.79 Å². The highest BCUT2D eigenvalue weighted by molar-refractivity contribution is 5.95. The normalized spacial score (nSPS) is 13.7. The summed E-state index contributed by atoms with van der Waals surface area (Å²) in [5.41, 5.74) is 7.77. The number of rotatable bonds is 2. The quantitative estimate of drug-likeness (QED) is 0.856. The van der Waals surface area contributed by atoms with E-state index >= 15 is 0 Å². The lowest BCUT2D eigenvalue weighted by Gasteiger charge is -2.17. The Bertz CT molecular complexity index is 590. The van der Waals surface area contributed by atoms with Crippen LogP contribution in [0, 0.1) is 0 Å². The second-order valence-electron chi connectivity index (χ2n) is 4.36. The van der Waals surface area contributed by atoms with Crippen molar-refractivity contribution < 1.29 is 4.79 Å². The van der Waals surface area contributed by atoms with Gasteiger partial charge in [0.05, 0.1) is 0 Å². The van der Waals surface area contributed by atoms with Gasteiger partial charge in [0.15, 0.2) is 0 Å². The number of nitrogen functional groups attached to an aromatic ring is 1. The van der Waals surface area contributed by atoms with E-state index in [1.54, 1.807) is 16.9 Å². The fourth-order valence-corrected chi connectivity index (χ4v) is 2.29. The molecule has 92 valence electrons. The number of carbonyl (C=O) groups excluding carboxylic acids is 1. The lowest BCUT2D eigenvalue weighted by Crippen LogP contribution is -2.32. The maximum atomic E-state index is 12.2. The van der Waals surface area contributed by atoms with E-state index in [0.717, 1.165) is 18.7 Å². The lowest BCUT2D eigenvalue weighted by molar-refractivity contribution is -0.119. The fraction of sp³-hybridized carbons (Fsp3) is 0.231. The molecule has 1 aromatic carbocycles. The number of hydrogen-bond donors (Lipinski definition) is 1. The number of benzene rings is 1. The van der Waals surface area contributed by atoms with Crippen LogP contribution in [-0.2, 0) is 17.8 Å². The van der Waals surface area contributed by atoms with E-state index in [-0.39, 0.29) is 12.5 Å². The highest BCUT2D eigenvalue weighted by atomic mass is 16.2. The molecule has 1 aliphatic heterocycles. The van der Waals surface area contributed by atoms with Gasteiger partial charge < -0.3 is 10.6 Å². The molecule has 1 aliphatic rings.